The second-order valence-electron chi connectivity index (χ2n) is 8.05. The van der Waals surface area contributed by atoms with Crippen LogP contribution in [0, 0.1) is 0 Å². The molecule has 2 aromatic heterocycles. The Morgan fingerprint density at radius 1 is 0.939 bits per heavy atom. The quantitative estimate of drug-likeness (QED) is 0.346. The van der Waals surface area contributed by atoms with Crippen molar-refractivity contribution in [2.24, 2.45) is 0 Å². The highest BCUT2D eigenvalue weighted by molar-refractivity contribution is 6.31. The molecule has 0 spiro atoms. The minimum Gasteiger partial charge on any atom is -0.292 e. The van der Waals surface area contributed by atoms with Gasteiger partial charge in [0.05, 0.1) is 22.3 Å². The summed E-state index contributed by atoms with van der Waals surface area (Å²) in [6, 6.07) is 25.4. The third-order valence-electron chi connectivity index (χ3n) is 5.95. The van der Waals surface area contributed by atoms with Gasteiger partial charge in [-0.05, 0) is 48.4 Å². The molecule has 0 aliphatic carbocycles. The predicted molar refractivity (Wildman–Crippen MR) is 133 cm³/mol. The van der Waals surface area contributed by atoms with Gasteiger partial charge in [-0.25, -0.2) is 9.67 Å². The summed E-state index contributed by atoms with van der Waals surface area (Å²) in [6.07, 6.45) is 4.88. The van der Waals surface area contributed by atoms with Crippen molar-refractivity contribution in [2.45, 2.75) is 13.0 Å². The Labute approximate surface area is 195 Å². The van der Waals surface area contributed by atoms with Gasteiger partial charge in [0.25, 0.3) is 5.56 Å². The fourth-order valence-electron chi connectivity index (χ4n) is 4.34. The van der Waals surface area contributed by atoms with E-state index in [4.69, 9.17) is 21.7 Å². The molecule has 0 atom stereocenters. The van der Waals surface area contributed by atoms with Crippen molar-refractivity contribution < 1.29 is 0 Å². The molecule has 0 bridgehead atoms. The highest BCUT2D eigenvalue weighted by Gasteiger charge is 2.22. The molecule has 33 heavy (non-hydrogen) atoms. The third kappa shape index (κ3) is 3.47. The van der Waals surface area contributed by atoms with E-state index < -0.39 is 0 Å². The Morgan fingerprint density at radius 2 is 1.70 bits per heavy atom. The molecule has 6 heteroatoms. The van der Waals surface area contributed by atoms with Crippen LogP contribution in [-0.4, -0.2) is 19.3 Å². The first kappa shape index (κ1) is 19.7. The molecule has 5 nitrogen and oxygen atoms in total. The molecule has 5 aromatic rings. The molecule has 0 amide bonds. The minimum absolute atomic E-state index is 0.0517. The number of para-hydroxylation sites is 1. The van der Waals surface area contributed by atoms with Crippen molar-refractivity contribution in [2.75, 3.05) is 0 Å². The summed E-state index contributed by atoms with van der Waals surface area (Å²) in [7, 11) is 0. The lowest BCUT2D eigenvalue weighted by molar-refractivity contribution is 0.725. The van der Waals surface area contributed by atoms with Crippen LogP contribution in [0.3, 0.4) is 0 Å². The van der Waals surface area contributed by atoms with Crippen LogP contribution in [-0.2, 0) is 6.54 Å². The molecular weight excluding hydrogens is 432 g/mol. The number of hydrogen-bond donors (Lipinski definition) is 0. The normalized spacial score (nSPS) is 14.2. The summed E-state index contributed by atoms with van der Waals surface area (Å²) in [5.41, 5.74) is 5.53. The Hall–Kier alpha value is -3.96. The van der Waals surface area contributed by atoms with Gasteiger partial charge in [-0.1, -0.05) is 60.1 Å². The maximum Gasteiger partial charge on any atom is 0.261 e. The van der Waals surface area contributed by atoms with E-state index in [1.807, 2.05) is 59.4 Å². The van der Waals surface area contributed by atoms with Gasteiger partial charge in [-0.3, -0.25) is 9.36 Å². The fraction of sp³-hybridized carbons (Fsp3) is 0.0741. The minimum atomic E-state index is -0.0517. The number of nitrogens with zero attached hydrogens (tertiary/aromatic N) is 4. The zero-order valence-electron chi connectivity index (χ0n) is 17.6. The SMILES string of the molecule is O=c1c2cc(Cl)ccc2nc2n1CC/C2=C\c1cn(-c2ccccc2)nc1-c1ccccc1. The van der Waals surface area contributed by atoms with Gasteiger partial charge in [0.2, 0.25) is 0 Å². The average Bonchev–Trinajstić information content (AvgIpc) is 3.46. The molecule has 6 rings (SSSR count). The number of fused-ring (bicyclic) bond motifs is 2. The molecule has 1 aliphatic heterocycles. The average molecular weight is 451 g/mol. The fourth-order valence-corrected chi connectivity index (χ4v) is 4.51. The Bertz CT molecular complexity index is 1580. The van der Waals surface area contributed by atoms with Crippen molar-refractivity contribution in [1.29, 1.82) is 0 Å². The van der Waals surface area contributed by atoms with E-state index in [1.54, 1.807) is 22.8 Å². The largest absolute Gasteiger partial charge is 0.292 e. The van der Waals surface area contributed by atoms with E-state index in [-0.39, 0.29) is 5.56 Å². The topological polar surface area (TPSA) is 52.7 Å². The molecule has 3 heterocycles. The van der Waals surface area contributed by atoms with E-state index in [9.17, 15) is 4.79 Å². The van der Waals surface area contributed by atoms with Gasteiger partial charge >= 0.3 is 0 Å². The van der Waals surface area contributed by atoms with Crippen molar-refractivity contribution in [1.82, 2.24) is 19.3 Å². The number of halogens is 1. The molecule has 160 valence electrons. The van der Waals surface area contributed by atoms with Gasteiger partial charge in [-0.15, -0.1) is 0 Å². The first-order valence-corrected chi connectivity index (χ1v) is 11.2. The molecule has 0 saturated carbocycles. The lowest BCUT2D eigenvalue weighted by Crippen LogP contribution is -2.20. The second kappa shape index (κ2) is 7.87. The maximum absolute atomic E-state index is 13.1. The number of allylic oxidation sites excluding steroid dienone is 1. The van der Waals surface area contributed by atoms with Crippen LogP contribution < -0.4 is 5.56 Å². The predicted octanol–water partition coefficient (Wildman–Crippen LogP) is 5.85. The van der Waals surface area contributed by atoms with Gasteiger partial charge in [0.15, 0.2) is 0 Å². The Morgan fingerprint density at radius 3 is 2.48 bits per heavy atom. The van der Waals surface area contributed by atoms with E-state index >= 15 is 0 Å². The lowest BCUT2D eigenvalue weighted by atomic mass is 10.1. The zero-order chi connectivity index (χ0) is 22.4. The van der Waals surface area contributed by atoms with Gasteiger partial charge < -0.3 is 0 Å². The molecule has 1 aliphatic rings. The smallest absolute Gasteiger partial charge is 0.261 e. The van der Waals surface area contributed by atoms with E-state index in [0.717, 1.165) is 34.5 Å². The summed E-state index contributed by atoms with van der Waals surface area (Å²) >= 11 is 6.11. The van der Waals surface area contributed by atoms with Crippen molar-refractivity contribution in [3.8, 4) is 16.9 Å². The molecule has 0 saturated heterocycles. The van der Waals surface area contributed by atoms with Crippen LogP contribution in [0.15, 0.2) is 89.9 Å². The van der Waals surface area contributed by atoms with Crippen LogP contribution in [0.5, 0.6) is 0 Å². The van der Waals surface area contributed by atoms with E-state index in [1.165, 1.54) is 0 Å². The second-order valence-corrected chi connectivity index (χ2v) is 8.49. The van der Waals surface area contributed by atoms with Crippen molar-refractivity contribution in [3.05, 3.63) is 112 Å². The molecular formula is C27H19ClN4O. The molecule has 0 fully saturated rings. The summed E-state index contributed by atoms with van der Waals surface area (Å²) in [4.78, 5) is 17.9. The number of rotatable bonds is 3. The summed E-state index contributed by atoms with van der Waals surface area (Å²) in [6.45, 7) is 0.600. The Kier molecular flexibility index (Phi) is 4.70. The zero-order valence-corrected chi connectivity index (χ0v) is 18.4. The van der Waals surface area contributed by atoms with Crippen molar-refractivity contribution in [3.63, 3.8) is 0 Å². The first-order valence-electron chi connectivity index (χ1n) is 10.8. The highest BCUT2D eigenvalue weighted by Crippen LogP contribution is 2.32. The van der Waals surface area contributed by atoms with E-state index in [2.05, 4.69) is 18.2 Å². The van der Waals surface area contributed by atoms with Crippen LogP contribution in [0.1, 0.15) is 17.8 Å². The highest BCUT2D eigenvalue weighted by atomic mass is 35.5. The number of benzene rings is 3. The van der Waals surface area contributed by atoms with Crippen LogP contribution >= 0.6 is 11.6 Å². The summed E-state index contributed by atoms with van der Waals surface area (Å²) < 4.78 is 3.64. The summed E-state index contributed by atoms with van der Waals surface area (Å²) in [5, 5.41) is 5.98. The maximum atomic E-state index is 13.1. The standard InChI is InChI=1S/C27H19ClN4O/c28-21-11-12-24-23(16-21)27(33)31-14-13-19(26(31)29-24)15-20-17-32(22-9-5-2-6-10-22)30-25(20)18-7-3-1-4-8-18/h1-12,15-17H,13-14H2/b19-15+. The van der Waals surface area contributed by atoms with Gasteiger partial charge in [-0.2, -0.15) is 5.10 Å². The molecule has 0 N–H and O–H groups in total. The molecule has 0 radical (unpaired) electrons. The van der Waals surface area contributed by atoms with Crippen LogP contribution in [0.2, 0.25) is 5.02 Å². The van der Waals surface area contributed by atoms with Gasteiger partial charge in [0, 0.05) is 28.9 Å². The monoisotopic (exact) mass is 450 g/mol. The van der Waals surface area contributed by atoms with Gasteiger partial charge in [0.1, 0.15) is 5.82 Å². The first-order chi connectivity index (χ1) is 16.2. The lowest BCUT2D eigenvalue weighted by Gasteiger charge is -2.06. The molecule has 3 aromatic carbocycles. The van der Waals surface area contributed by atoms with Crippen LogP contribution in [0.4, 0.5) is 0 Å². The number of hydrogen-bond acceptors (Lipinski definition) is 3. The number of aromatic nitrogens is 4. The van der Waals surface area contributed by atoms with Crippen molar-refractivity contribution >= 4 is 34.2 Å². The Balaban J connectivity index is 1.52. The summed E-state index contributed by atoms with van der Waals surface area (Å²) in [5.74, 6) is 0.710. The van der Waals surface area contributed by atoms with E-state index in [0.29, 0.717) is 28.3 Å². The van der Waals surface area contributed by atoms with Crippen LogP contribution in [0.25, 0.3) is 39.5 Å². The molecule has 0 unspecified atom stereocenters. The third-order valence-corrected chi connectivity index (χ3v) is 6.18.